The van der Waals surface area contributed by atoms with Crippen molar-refractivity contribution in [3.8, 4) is 23.0 Å². The van der Waals surface area contributed by atoms with Crippen molar-refractivity contribution in [1.29, 1.82) is 0 Å². The molecule has 0 atom stereocenters. The molecule has 1 heterocycles. The molecule has 2 rings (SSSR count). The van der Waals surface area contributed by atoms with Crippen molar-refractivity contribution in [3.63, 3.8) is 0 Å². The summed E-state index contributed by atoms with van der Waals surface area (Å²) in [5, 5.41) is 7.02. The molecule has 0 aliphatic rings. The zero-order chi connectivity index (χ0) is 15.1. The van der Waals surface area contributed by atoms with E-state index in [1.54, 1.807) is 0 Å². The molecule has 0 radical (unpaired) electrons. The maximum Gasteiger partial charge on any atom is 0.258 e. The van der Waals surface area contributed by atoms with Crippen LogP contribution in [0, 0.1) is 0 Å². The van der Waals surface area contributed by atoms with E-state index in [4.69, 9.17) is 14.0 Å². The Kier molecular flexibility index (Phi) is 5.57. The number of aromatic nitrogens is 2. The molecular formula is C15H21N3O3. The number of hydrogen-bond donors (Lipinski definition) is 1. The van der Waals surface area contributed by atoms with Crippen LogP contribution in [-0.2, 0) is 6.42 Å². The van der Waals surface area contributed by atoms with Gasteiger partial charge < -0.3 is 19.3 Å². The number of nitrogens with zero attached hydrogens (tertiary/aromatic N) is 2. The van der Waals surface area contributed by atoms with Gasteiger partial charge in [-0.25, -0.2) is 0 Å². The standard InChI is InChI=1S/C15H21N3O3/c1-4-19-12-7-6-11(10-13(12)20-5-2)15-17-14(18-21-15)8-9-16-3/h6-7,10,16H,4-5,8-9H2,1-3H3. The van der Waals surface area contributed by atoms with Crippen LogP contribution in [-0.4, -0.2) is 36.9 Å². The third kappa shape index (κ3) is 3.95. The molecular weight excluding hydrogens is 270 g/mol. The lowest BCUT2D eigenvalue weighted by atomic mass is 10.2. The molecule has 0 bridgehead atoms. The van der Waals surface area contributed by atoms with Crippen molar-refractivity contribution in [2.75, 3.05) is 26.8 Å². The van der Waals surface area contributed by atoms with Crippen LogP contribution in [0.3, 0.4) is 0 Å². The highest BCUT2D eigenvalue weighted by Gasteiger charge is 2.12. The predicted molar refractivity (Wildman–Crippen MR) is 79.7 cm³/mol. The van der Waals surface area contributed by atoms with Gasteiger partial charge in [0.05, 0.1) is 13.2 Å². The molecule has 6 heteroatoms. The number of ether oxygens (including phenoxy) is 2. The summed E-state index contributed by atoms with van der Waals surface area (Å²) >= 11 is 0. The van der Waals surface area contributed by atoms with Crippen molar-refractivity contribution in [3.05, 3.63) is 24.0 Å². The van der Waals surface area contributed by atoms with Crippen LogP contribution in [0.5, 0.6) is 11.5 Å². The van der Waals surface area contributed by atoms with E-state index in [1.165, 1.54) is 0 Å². The van der Waals surface area contributed by atoms with E-state index in [1.807, 2.05) is 39.1 Å². The molecule has 0 amide bonds. The first-order valence-corrected chi connectivity index (χ1v) is 7.15. The largest absolute Gasteiger partial charge is 0.490 e. The van der Waals surface area contributed by atoms with Gasteiger partial charge in [-0.2, -0.15) is 4.98 Å². The lowest BCUT2D eigenvalue weighted by Gasteiger charge is -2.11. The average molecular weight is 291 g/mol. The van der Waals surface area contributed by atoms with Crippen LogP contribution in [0.15, 0.2) is 22.7 Å². The summed E-state index contributed by atoms with van der Waals surface area (Å²) in [6, 6.07) is 5.62. The van der Waals surface area contributed by atoms with Gasteiger partial charge in [0.25, 0.3) is 5.89 Å². The lowest BCUT2D eigenvalue weighted by Crippen LogP contribution is -2.11. The third-order valence-corrected chi connectivity index (χ3v) is 2.86. The van der Waals surface area contributed by atoms with Gasteiger partial charge >= 0.3 is 0 Å². The van der Waals surface area contributed by atoms with Gasteiger partial charge in [0.1, 0.15) is 0 Å². The minimum Gasteiger partial charge on any atom is -0.490 e. The maximum atomic E-state index is 5.60. The summed E-state index contributed by atoms with van der Waals surface area (Å²) in [4.78, 5) is 4.38. The first-order valence-electron chi connectivity index (χ1n) is 7.15. The molecule has 6 nitrogen and oxygen atoms in total. The van der Waals surface area contributed by atoms with Crippen LogP contribution in [0.1, 0.15) is 19.7 Å². The third-order valence-electron chi connectivity index (χ3n) is 2.86. The zero-order valence-corrected chi connectivity index (χ0v) is 12.7. The second-order valence-electron chi connectivity index (χ2n) is 4.40. The minimum absolute atomic E-state index is 0.491. The Bertz CT molecular complexity index is 569. The molecule has 21 heavy (non-hydrogen) atoms. The van der Waals surface area contributed by atoms with Crippen LogP contribution < -0.4 is 14.8 Å². The van der Waals surface area contributed by atoms with Crippen LogP contribution in [0.4, 0.5) is 0 Å². The molecule has 0 fully saturated rings. The Morgan fingerprint density at radius 2 is 1.90 bits per heavy atom. The molecule has 0 aliphatic heterocycles. The quantitative estimate of drug-likeness (QED) is 0.805. The highest BCUT2D eigenvalue weighted by atomic mass is 16.5. The zero-order valence-electron chi connectivity index (χ0n) is 12.7. The highest BCUT2D eigenvalue weighted by Crippen LogP contribution is 2.32. The Labute approximate surface area is 124 Å². The number of rotatable bonds is 8. The maximum absolute atomic E-state index is 5.60. The van der Waals surface area contributed by atoms with E-state index in [0.717, 1.165) is 24.3 Å². The molecule has 114 valence electrons. The summed E-state index contributed by atoms with van der Waals surface area (Å²) in [6.45, 7) is 5.85. The van der Waals surface area contributed by atoms with E-state index < -0.39 is 0 Å². The van der Waals surface area contributed by atoms with E-state index in [2.05, 4.69) is 15.5 Å². The molecule has 0 saturated heterocycles. The minimum atomic E-state index is 0.491. The fourth-order valence-corrected chi connectivity index (χ4v) is 1.89. The van der Waals surface area contributed by atoms with Gasteiger partial charge in [0.2, 0.25) is 0 Å². The normalized spacial score (nSPS) is 10.6. The van der Waals surface area contributed by atoms with E-state index >= 15 is 0 Å². The van der Waals surface area contributed by atoms with Gasteiger partial charge in [-0.15, -0.1) is 0 Å². The summed E-state index contributed by atoms with van der Waals surface area (Å²) in [5.74, 6) is 2.58. The number of nitrogens with one attached hydrogen (secondary N) is 1. The summed E-state index contributed by atoms with van der Waals surface area (Å²) in [6.07, 6.45) is 0.731. The Hall–Kier alpha value is -2.08. The molecule has 0 saturated carbocycles. The Morgan fingerprint density at radius 3 is 2.62 bits per heavy atom. The van der Waals surface area contributed by atoms with Crippen molar-refractivity contribution < 1.29 is 14.0 Å². The Morgan fingerprint density at radius 1 is 1.14 bits per heavy atom. The summed E-state index contributed by atoms with van der Waals surface area (Å²) in [7, 11) is 1.89. The van der Waals surface area contributed by atoms with E-state index in [0.29, 0.717) is 30.7 Å². The van der Waals surface area contributed by atoms with E-state index in [9.17, 15) is 0 Å². The second-order valence-corrected chi connectivity index (χ2v) is 4.40. The summed E-state index contributed by atoms with van der Waals surface area (Å²) < 4.78 is 16.4. The van der Waals surface area contributed by atoms with E-state index in [-0.39, 0.29) is 0 Å². The number of likely N-dealkylation sites (N-methyl/N-ethyl adjacent to an activating group) is 1. The fourth-order valence-electron chi connectivity index (χ4n) is 1.89. The molecule has 1 aromatic carbocycles. The van der Waals surface area contributed by atoms with Gasteiger partial charge in [-0.1, -0.05) is 5.16 Å². The van der Waals surface area contributed by atoms with Crippen LogP contribution in [0.2, 0.25) is 0 Å². The van der Waals surface area contributed by atoms with Gasteiger partial charge in [-0.3, -0.25) is 0 Å². The number of benzene rings is 1. The van der Waals surface area contributed by atoms with Crippen LogP contribution in [0.25, 0.3) is 11.5 Å². The fraction of sp³-hybridized carbons (Fsp3) is 0.467. The van der Waals surface area contributed by atoms with Gasteiger partial charge in [0, 0.05) is 18.5 Å². The number of hydrogen-bond acceptors (Lipinski definition) is 6. The topological polar surface area (TPSA) is 69.4 Å². The second kappa shape index (κ2) is 7.64. The lowest BCUT2D eigenvalue weighted by molar-refractivity contribution is 0.288. The molecule has 0 aliphatic carbocycles. The van der Waals surface area contributed by atoms with Crippen molar-refractivity contribution in [2.45, 2.75) is 20.3 Å². The van der Waals surface area contributed by atoms with Crippen LogP contribution >= 0.6 is 0 Å². The monoisotopic (exact) mass is 291 g/mol. The average Bonchev–Trinajstić information content (AvgIpc) is 2.96. The molecule has 1 N–H and O–H groups in total. The molecule has 2 aromatic rings. The molecule has 0 spiro atoms. The van der Waals surface area contributed by atoms with Crippen molar-refractivity contribution >= 4 is 0 Å². The first kappa shape index (κ1) is 15.3. The Balaban J connectivity index is 2.22. The van der Waals surface area contributed by atoms with Gasteiger partial charge in [-0.05, 0) is 39.1 Å². The van der Waals surface area contributed by atoms with Crippen molar-refractivity contribution in [1.82, 2.24) is 15.5 Å². The molecule has 0 unspecified atom stereocenters. The first-order chi connectivity index (χ1) is 10.3. The molecule has 1 aromatic heterocycles. The van der Waals surface area contributed by atoms with Crippen molar-refractivity contribution in [2.24, 2.45) is 0 Å². The summed E-state index contributed by atoms with van der Waals surface area (Å²) in [5.41, 5.74) is 0.824. The smallest absolute Gasteiger partial charge is 0.258 e. The SMILES string of the molecule is CCOc1ccc(-c2nc(CCNC)no2)cc1OCC. The highest BCUT2D eigenvalue weighted by molar-refractivity contribution is 5.59. The van der Waals surface area contributed by atoms with Gasteiger partial charge in [0.15, 0.2) is 17.3 Å². The predicted octanol–water partition coefficient (Wildman–Crippen LogP) is 2.30.